The van der Waals surface area contributed by atoms with Gasteiger partial charge in [-0.2, -0.15) is 20.1 Å². The molecule has 0 aliphatic rings. The molecule has 108 valence electrons. The van der Waals surface area contributed by atoms with Crippen LogP contribution in [-0.2, 0) is 7.05 Å². The van der Waals surface area contributed by atoms with Crippen molar-refractivity contribution in [2.75, 3.05) is 28.7 Å². The van der Waals surface area contributed by atoms with Gasteiger partial charge in [0.05, 0.1) is 0 Å². The molecular weight excluding hydrogens is 258 g/mol. The summed E-state index contributed by atoms with van der Waals surface area (Å²) in [7, 11) is 1.84. The van der Waals surface area contributed by atoms with E-state index in [4.69, 9.17) is 5.84 Å². The number of nitrogen functional groups attached to an aromatic ring is 1. The van der Waals surface area contributed by atoms with Gasteiger partial charge in [-0.25, -0.2) is 5.84 Å². The maximum Gasteiger partial charge on any atom is 0.243 e. The first-order valence-electron chi connectivity index (χ1n) is 6.40. The molecule has 0 saturated carbocycles. The van der Waals surface area contributed by atoms with Gasteiger partial charge in [-0.3, -0.25) is 10.1 Å². The van der Waals surface area contributed by atoms with Crippen molar-refractivity contribution in [1.29, 1.82) is 0 Å². The number of aryl methyl sites for hydroxylation is 1. The Balaban J connectivity index is 2.29. The molecule has 2 heterocycles. The highest BCUT2D eigenvalue weighted by Crippen LogP contribution is 2.15. The molecule has 20 heavy (non-hydrogen) atoms. The van der Waals surface area contributed by atoms with Crippen LogP contribution in [0.3, 0.4) is 0 Å². The fourth-order valence-corrected chi connectivity index (χ4v) is 1.73. The Labute approximate surface area is 117 Å². The first-order valence-corrected chi connectivity index (χ1v) is 6.40. The Bertz CT molecular complexity index is 561. The van der Waals surface area contributed by atoms with Gasteiger partial charge in [-0.05, 0) is 13.8 Å². The molecule has 0 bridgehead atoms. The molecule has 0 spiro atoms. The predicted octanol–water partition coefficient (Wildman–Crippen LogP) is 0.480. The maximum atomic E-state index is 5.40. The Morgan fingerprint density at radius 3 is 2.45 bits per heavy atom. The van der Waals surface area contributed by atoms with E-state index >= 15 is 0 Å². The Morgan fingerprint density at radius 2 is 1.90 bits per heavy atom. The van der Waals surface area contributed by atoms with Gasteiger partial charge in [0.25, 0.3) is 0 Å². The van der Waals surface area contributed by atoms with Crippen LogP contribution in [0.5, 0.6) is 0 Å². The summed E-state index contributed by atoms with van der Waals surface area (Å²) in [5.41, 5.74) is 2.45. The quantitative estimate of drug-likeness (QED) is 0.516. The minimum absolute atomic E-state index is 0.306. The average molecular weight is 277 g/mol. The Hall–Kier alpha value is -2.42. The summed E-state index contributed by atoms with van der Waals surface area (Å²) in [5, 5.41) is 7.24. The highest BCUT2D eigenvalue weighted by molar-refractivity contribution is 5.51. The third-order valence-corrected chi connectivity index (χ3v) is 2.75. The fourth-order valence-electron chi connectivity index (χ4n) is 1.73. The second-order valence-corrected chi connectivity index (χ2v) is 4.10. The third-order valence-electron chi connectivity index (χ3n) is 2.75. The number of nitrogens with two attached hydrogens (primary N) is 1. The lowest BCUT2D eigenvalue weighted by molar-refractivity contribution is 0.770. The van der Waals surface area contributed by atoms with E-state index in [0.29, 0.717) is 23.7 Å². The normalized spacial score (nSPS) is 10.4. The SMILES string of the molecule is CCN(CC)c1nc(NN)nc(Nc2ccn(C)n2)n1. The molecule has 9 heteroatoms. The standard InChI is InChI=1S/C11H19N9/c1-4-20(5-2)11-15-9(14-10(16-11)17-12)13-8-6-7-19(3)18-8/h6-7H,4-5,12H2,1-3H3,(H2,13,14,15,16,17,18). The summed E-state index contributed by atoms with van der Waals surface area (Å²) in [6, 6.07) is 1.83. The lowest BCUT2D eigenvalue weighted by Gasteiger charge is -2.19. The Kier molecular flexibility index (Phi) is 4.31. The van der Waals surface area contributed by atoms with E-state index in [0.717, 1.165) is 13.1 Å². The third kappa shape index (κ3) is 3.12. The van der Waals surface area contributed by atoms with E-state index in [1.807, 2.05) is 38.1 Å². The van der Waals surface area contributed by atoms with E-state index in [1.165, 1.54) is 0 Å². The number of rotatable bonds is 6. The minimum atomic E-state index is 0.306. The second kappa shape index (κ2) is 6.15. The van der Waals surface area contributed by atoms with E-state index in [9.17, 15) is 0 Å². The van der Waals surface area contributed by atoms with Crippen molar-refractivity contribution in [1.82, 2.24) is 24.7 Å². The zero-order valence-electron chi connectivity index (χ0n) is 11.8. The van der Waals surface area contributed by atoms with Crippen LogP contribution in [0.1, 0.15) is 13.8 Å². The van der Waals surface area contributed by atoms with Gasteiger partial charge in [-0.1, -0.05) is 0 Å². The van der Waals surface area contributed by atoms with Crippen LogP contribution in [-0.4, -0.2) is 37.8 Å². The van der Waals surface area contributed by atoms with E-state index in [-0.39, 0.29) is 0 Å². The molecule has 2 rings (SSSR count). The summed E-state index contributed by atoms with van der Waals surface area (Å²) in [6.45, 7) is 5.67. The molecule has 0 aromatic carbocycles. The highest BCUT2D eigenvalue weighted by atomic mass is 15.4. The molecule has 0 aliphatic heterocycles. The molecule has 2 aromatic rings. The summed E-state index contributed by atoms with van der Waals surface area (Å²) in [6.07, 6.45) is 1.83. The van der Waals surface area contributed by atoms with Crippen molar-refractivity contribution in [2.24, 2.45) is 12.9 Å². The number of nitrogens with zero attached hydrogens (tertiary/aromatic N) is 6. The van der Waals surface area contributed by atoms with Crippen LogP contribution < -0.4 is 21.5 Å². The predicted molar refractivity (Wildman–Crippen MR) is 77.7 cm³/mol. The first-order chi connectivity index (χ1) is 9.66. The molecule has 9 nitrogen and oxygen atoms in total. The van der Waals surface area contributed by atoms with Crippen molar-refractivity contribution in [3.8, 4) is 0 Å². The monoisotopic (exact) mass is 277 g/mol. The van der Waals surface area contributed by atoms with Crippen LogP contribution in [0.4, 0.5) is 23.7 Å². The number of nitrogens with one attached hydrogen (secondary N) is 2. The van der Waals surface area contributed by atoms with Crippen molar-refractivity contribution in [3.05, 3.63) is 12.3 Å². The van der Waals surface area contributed by atoms with Gasteiger partial charge in [0.2, 0.25) is 17.8 Å². The topological polar surface area (TPSA) is 110 Å². The molecule has 0 aliphatic carbocycles. The lowest BCUT2D eigenvalue weighted by Crippen LogP contribution is -2.25. The van der Waals surface area contributed by atoms with E-state index in [2.05, 4.69) is 30.8 Å². The largest absolute Gasteiger partial charge is 0.341 e. The summed E-state index contributed by atoms with van der Waals surface area (Å²) in [5.74, 6) is 7.33. The van der Waals surface area contributed by atoms with Crippen molar-refractivity contribution in [2.45, 2.75) is 13.8 Å². The van der Waals surface area contributed by atoms with Crippen LogP contribution in [0.15, 0.2) is 12.3 Å². The molecule has 2 aromatic heterocycles. The smallest absolute Gasteiger partial charge is 0.243 e. The second-order valence-electron chi connectivity index (χ2n) is 4.10. The summed E-state index contributed by atoms with van der Waals surface area (Å²) in [4.78, 5) is 14.8. The van der Waals surface area contributed by atoms with Gasteiger partial charge in [0.1, 0.15) is 0 Å². The maximum absolute atomic E-state index is 5.40. The van der Waals surface area contributed by atoms with Gasteiger partial charge in [0, 0.05) is 32.4 Å². The molecule has 0 unspecified atom stereocenters. The van der Waals surface area contributed by atoms with Gasteiger partial charge >= 0.3 is 0 Å². The summed E-state index contributed by atoms with van der Waals surface area (Å²) >= 11 is 0. The molecular formula is C11H19N9. The first kappa shape index (κ1) is 14.0. The van der Waals surface area contributed by atoms with Crippen molar-refractivity contribution < 1.29 is 0 Å². The number of aromatic nitrogens is 5. The van der Waals surface area contributed by atoms with Crippen LogP contribution in [0.2, 0.25) is 0 Å². The van der Waals surface area contributed by atoms with Gasteiger partial charge in [-0.15, -0.1) is 0 Å². The summed E-state index contributed by atoms with van der Waals surface area (Å²) < 4.78 is 1.69. The zero-order chi connectivity index (χ0) is 14.5. The Morgan fingerprint density at radius 1 is 1.20 bits per heavy atom. The van der Waals surface area contributed by atoms with Crippen molar-refractivity contribution >= 4 is 23.7 Å². The molecule has 0 atom stereocenters. The number of anilines is 4. The van der Waals surface area contributed by atoms with Crippen molar-refractivity contribution in [3.63, 3.8) is 0 Å². The van der Waals surface area contributed by atoms with Gasteiger partial charge < -0.3 is 10.2 Å². The average Bonchev–Trinajstić information content (AvgIpc) is 2.85. The van der Waals surface area contributed by atoms with E-state index < -0.39 is 0 Å². The van der Waals surface area contributed by atoms with Crippen LogP contribution in [0.25, 0.3) is 0 Å². The molecule has 4 N–H and O–H groups in total. The lowest BCUT2D eigenvalue weighted by atomic mass is 10.5. The fraction of sp³-hybridized carbons (Fsp3) is 0.455. The number of hydrogen-bond acceptors (Lipinski definition) is 8. The molecule has 0 amide bonds. The molecule has 0 saturated heterocycles. The molecule has 0 radical (unpaired) electrons. The number of hydrazine groups is 1. The molecule has 0 fully saturated rings. The van der Waals surface area contributed by atoms with E-state index in [1.54, 1.807) is 4.68 Å². The van der Waals surface area contributed by atoms with Gasteiger partial charge in [0.15, 0.2) is 5.82 Å². The highest BCUT2D eigenvalue weighted by Gasteiger charge is 2.11. The van der Waals surface area contributed by atoms with Crippen LogP contribution in [0, 0.1) is 0 Å². The number of hydrogen-bond donors (Lipinski definition) is 3. The zero-order valence-corrected chi connectivity index (χ0v) is 11.8. The minimum Gasteiger partial charge on any atom is -0.341 e. The van der Waals surface area contributed by atoms with Crippen LogP contribution >= 0.6 is 0 Å².